The molecule has 0 aromatic carbocycles. The Hall–Kier alpha value is -0.790. The molecule has 7 atom stereocenters. The number of thioether (sulfide) groups is 1. The summed E-state index contributed by atoms with van der Waals surface area (Å²) in [6, 6.07) is 0. The molecule has 1 saturated heterocycles. The van der Waals surface area contributed by atoms with Crippen molar-refractivity contribution in [3.63, 3.8) is 0 Å². The summed E-state index contributed by atoms with van der Waals surface area (Å²) < 4.78 is 16.9. The van der Waals surface area contributed by atoms with Gasteiger partial charge in [0.15, 0.2) is 12.2 Å². The monoisotopic (exact) mass is 376 g/mol. The molecule has 1 aliphatic rings. The van der Waals surface area contributed by atoms with Gasteiger partial charge in [-0.25, -0.2) is 0 Å². The Bertz CT molecular complexity index is 443. The predicted octanol–water partition coefficient (Wildman–Crippen LogP) is 2.76. The van der Waals surface area contributed by atoms with Gasteiger partial charge in [-0.15, -0.1) is 11.8 Å². The van der Waals surface area contributed by atoms with E-state index in [0.29, 0.717) is 12.8 Å². The number of rotatable bonds is 8. The molecule has 0 aromatic heterocycles. The first-order valence-corrected chi connectivity index (χ1v) is 10.2. The molecule has 146 valence electrons. The molecule has 1 N–H and O–H groups in total. The molecule has 0 spiro atoms. The van der Waals surface area contributed by atoms with E-state index in [0.717, 1.165) is 5.75 Å². The molecule has 0 aromatic rings. The lowest BCUT2D eigenvalue weighted by Gasteiger charge is -2.42. The lowest BCUT2D eigenvalue weighted by molar-refractivity contribution is -0.224. The average molecular weight is 377 g/mol. The van der Waals surface area contributed by atoms with E-state index in [4.69, 9.17) is 14.2 Å². The first-order valence-electron chi connectivity index (χ1n) is 9.12. The van der Waals surface area contributed by atoms with Crippen LogP contribution >= 0.6 is 11.8 Å². The second-order valence-corrected chi connectivity index (χ2v) is 7.95. The fraction of sp³-hybridized carbons (Fsp3) is 0.889. The third kappa shape index (κ3) is 5.86. The van der Waals surface area contributed by atoms with Crippen molar-refractivity contribution < 1.29 is 28.9 Å². The van der Waals surface area contributed by atoms with Gasteiger partial charge in [-0.3, -0.25) is 9.59 Å². The van der Waals surface area contributed by atoms with Gasteiger partial charge in [-0.2, -0.15) is 0 Å². The Labute approximate surface area is 155 Å². The molecule has 0 unspecified atom stereocenters. The zero-order valence-electron chi connectivity index (χ0n) is 16.1. The van der Waals surface area contributed by atoms with Gasteiger partial charge in [0, 0.05) is 0 Å². The van der Waals surface area contributed by atoms with Crippen molar-refractivity contribution in [1.29, 1.82) is 0 Å². The fourth-order valence-electron chi connectivity index (χ4n) is 2.42. The van der Waals surface area contributed by atoms with Crippen molar-refractivity contribution in [2.75, 3.05) is 5.75 Å². The van der Waals surface area contributed by atoms with E-state index in [1.807, 2.05) is 20.8 Å². The number of ether oxygens (including phenoxy) is 3. The summed E-state index contributed by atoms with van der Waals surface area (Å²) in [6.07, 6.45) is -2.02. The highest BCUT2D eigenvalue weighted by Gasteiger charge is 2.48. The van der Waals surface area contributed by atoms with E-state index >= 15 is 0 Å². The summed E-state index contributed by atoms with van der Waals surface area (Å²) in [5, 5.41) is 10.8. The summed E-state index contributed by atoms with van der Waals surface area (Å²) in [7, 11) is 0. The Morgan fingerprint density at radius 2 is 1.52 bits per heavy atom. The van der Waals surface area contributed by atoms with Crippen molar-refractivity contribution in [1.82, 2.24) is 0 Å². The number of esters is 2. The van der Waals surface area contributed by atoms with Crippen molar-refractivity contribution in [2.24, 2.45) is 11.8 Å². The molecular formula is C18H32O6S. The standard InChI is InChI=1S/C18H32O6S/c1-7-10(4)16(20)23-14-12(6)22-18(25-9-3)15(13(14)19)24-17(21)11(5)8-2/h10-15,18-19H,7-9H2,1-6H3/t10-,11-,12-,13+,14-,15+,18-/m0/s1. The first kappa shape index (κ1) is 22.3. The van der Waals surface area contributed by atoms with Crippen LogP contribution in [-0.2, 0) is 23.8 Å². The summed E-state index contributed by atoms with van der Waals surface area (Å²) in [4.78, 5) is 24.3. The van der Waals surface area contributed by atoms with Crippen LogP contribution in [0.2, 0.25) is 0 Å². The van der Waals surface area contributed by atoms with Gasteiger partial charge in [0.2, 0.25) is 0 Å². The van der Waals surface area contributed by atoms with Crippen LogP contribution in [0.4, 0.5) is 0 Å². The normalized spacial score (nSPS) is 31.9. The summed E-state index contributed by atoms with van der Waals surface area (Å²) in [6.45, 7) is 11.1. The summed E-state index contributed by atoms with van der Waals surface area (Å²) >= 11 is 1.46. The van der Waals surface area contributed by atoms with E-state index in [2.05, 4.69) is 0 Å². The highest BCUT2D eigenvalue weighted by Crippen LogP contribution is 2.32. The lowest BCUT2D eigenvalue weighted by atomic mass is 9.99. The van der Waals surface area contributed by atoms with E-state index in [-0.39, 0.29) is 23.8 Å². The first-order chi connectivity index (χ1) is 11.8. The number of aliphatic hydroxyl groups is 1. The molecule has 1 fully saturated rings. The second-order valence-electron chi connectivity index (χ2n) is 6.58. The van der Waals surface area contributed by atoms with Crippen molar-refractivity contribution in [2.45, 2.75) is 84.2 Å². The molecule has 7 heteroatoms. The minimum absolute atomic E-state index is 0.261. The largest absolute Gasteiger partial charge is 0.456 e. The van der Waals surface area contributed by atoms with Crippen LogP contribution in [0.3, 0.4) is 0 Å². The Morgan fingerprint density at radius 1 is 1.04 bits per heavy atom. The maximum absolute atomic E-state index is 12.2. The third-order valence-electron chi connectivity index (χ3n) is 4.62. The highest BCUT2D eigenvalue weighted by molar-refractivity contribution is 7.99. The number of hydrogen-bond acceptors (Lipinski definition) is 7. The SMILES string of the molecule is CCS[C@@H]1O[C@@H](C)[C@H](OC(=O)[C@@H](C)CC)[C@@H](O)[C@H]1OC(=O)[C@@H](C)CC. The summed E-state index contributed by atoms with van der Waals surface area (Å²) in [5.41, 5.74) is -0.485. The second kappa shape index (κ2) is 10.4. The number of hydrogen-bond donors (Lipinski definition) is 1. The molecule has 25 heavy (non-hydrogen) atoms. The molecular weight excluding hydrogens is 344 g/mol. The van der Waals surface area contributed by atoms with Crippen LogP contribution in [0.5, 0.6) is 0 Å². The number of aliphatic hydroxyl groups excluding tert-OH is 1. The van der Waals surface area contributed by atoms with Crippen LogP contribution in [0.25, 0.3) is 0 Å². The Balaban J connectivity index is 2.92. The van der Waals surface area contributed by atoms with Crippen LogP contribution in [0, 0.1) is 11.8 Å². The van der Waals surface area contributed by atoms with Crippen molar-refractivity contribution in [3.05, 3.63) is 0 Å². The molecule has 1 aliphatic heterocycles. The van der Waals surface area contributed by atoms with Crippen molar-refractivity contribution in [3.8, 4) is 0 Å². The number of carbonyl (C=O) groups is 2. The smallest absolute Gasteiger partial charge is 0.309 e. The Morgan fingerprint density at radius 3 is 1.96 bits per heavy atom. The topological polar surface area (TPSA) is 82.1 Å². The van der Waals surface area contributed by atoms with E-state index < -0.39 is 29.9 Å². The molecule has 1 rings (SSSR count). The number of carbonyl (C=O) groups excluding carboxylic acids is 2. The lowest BCUT2D eigenvalue weighted by Crippen LogP contribution is -2.58. The van der Waals surface area contributed by atoms with Gasteiger partial charge in [-0.1, -0.05) is 34.6 Å². The molecule has 0 bridgehead atoms. The molecule has 0 aliphatic carbocycles. The van der Waals surface area contributed by atoms with E-state index in [1.54, 1.807) is 20.8 Å². The summed E-state index contributed by atoms with van der Waals surface area (Å²) in [5.74, 6) is -0.532. The van der Waals surface area contributed by atoms with Crippen LogP contribution in [0.1, 0.15) is 54.4 Å². The van der Waals surface area contributed by atoms with Gasteiger partial charge in [0.05, 0.1) is 17.9 Å². The van der Waals surface area contributed by atoms with Gasteiger partial charge in [0.25, 0.3) is 0 Å². The molecule has 0 saturated carbocycles. The quantitative estimate of drug-likeness (QED) is 0.652. The van der Waals surface area contributed by atoms with Gasteiger partial charge < -0.3 is 19.3 Å². The Kier molecular flexibility index (Phi) is 9.24. The molecule has 1 heterocycles. The van der Waals surface area contributed by atoms with Gasteiger partial charge in [-0.05, 0) is 25.5 Å². The third-order valence-corrected chi connectivity index (χ3v) is 5.66. The van der Waals surface area contributed by atoms with Crippen LogP contribution in [-0.4, -0.2) is 52.6 Å². The van der Waals surface area contributed by atoms with Gasteiger partial charge in [0.1, 0.15) is 11.5 Å². The minimum Gasteiger partial charge on any atom is -0.456 e. The highest BCUT2D eigenvalue weighted by atomic mass is 32.2. The van der Waals surface area contributed by atoms with E-state index in [9.17, 15) is 14.7 Å². The molecule has 6 nitrogen and oxygen atoms in total. The van der Waals surface area contributed by atoms with Crippen LogP contribution < -0.4 is 0 Å². The van der Waals surface area contributed by atoms with E-state index in [1.165, 1.54) is 11.8 Å². The zero-order valence-corrected chi connectivity index (χ0v) is 16.9. The zero-order chi connectivity index (χ0) is 19.1. The maximum Gasteiger partial charge on any atom is 0.309 e. The molecule has 0 amide bonds. The van der Waals surface area contributed by atoms with Crippen LogP contribution in [0.15, 0.2) is 0 Å². The fourth-order valence-corrected chi connectivity index (χ4v) is 3.40. The minimum atomic E-state index is -1.12. The molecule has 0 radical (unpaired) electrons. The van der Waals surface area contributed by atoms with Gasteiger partial charge >= 0.3 is 11.9 Å². The maximum atomic E-state index is 12.2. The van der Waals surface area contributed by atoms with Crippen molar-refractivity contribution >= 4 is 23.7 Å². The predicted molar refractivity (Wildman–Crippen MR) is 97.1 cm³/mol. The average Bonchev–Trinajstić information content (AvgIpc) is 2.60.